The Hall–Kier alpha value is -0.615. The molecule has 0 spiro atoms. The van der Waals surface area contributed by atoms with Crippen molar-refractivity contribution in [2.45, 2.75) is 26.4 Å². The number of hydrogen-bond donors (Lipinski definition) is 3. The summed E-state index contributed by atoms with van der Waals surface area (Å²) < 4.78 is 0. The maximum absolute atomic E-state index is 8.92. The molecular formula is C9H16BClN2O2. The number of rotatable bonds is 4. The fourth-order valence-corrected chi connectivity index (χ4v) is 1.07. The highest BCUT2D eigenvalue weighted by atomic mass is 35.5. The summed E-state index contributed by atoms with van der Waals surface area (Å²) in [6.07, 6.45) is 3.16. The van der Waals surface area contributed by atoms with Crippen molar-refractivity contribution in [3.05, 3.63) is 24.0 Å². The van der Waals surface area contributed by atoms with Crippen molar-refractivity contribution in [3.8, 4) is 0 Å². The molecule has 0 atom stereocenters. The van der Waals surface area contributed by atoms with E-state index < -0.39 is 7.12 Å². The number of aromatic nitrogens is 1. The fourth-order valence-electron chi connectivity index (χ4n) is 1.07. The second-order valence-corrected chi connectivity index (χ2v) is 3.54. The lowest BCUT2D eigenvalue weighted by Gasteiger charge is -2.08. The molecule has 1 heterocycles. The second-order valence-electron chi connectivity index (χ2n) is 3.54. The highest BCUT2D eigenvalue weighted by molar-refractivity contribution is 6.58. The standard InChI is InChI=1S/C9H15BN2O2.ClH/c1-7(2)12-5-8-3-9(10(13)14)6-11-4-8;/h3-4,6-7,12-14H,5H2,1-2H3;1H. The van der Waals surface area contributed by atoms with Gasteiger partial charge in [-0.15, -0.1) is 12.4 Å². The van der Waals surface area contributed by atoms with Crippen LogP contribution in [-0.4, -0.2) is 28.2 Å². The Balaban J connectivity index is 0.00000196. The summed E-state index contributed by atoms with van der Waals surface area (Å²) in [5.74, 6) is 0. The van der Waals surface area contributed by atoms with Crippen LogP contribution in [-0.2, 0) is 6.54 Å². The van der Waals surface area contributed by atoms with Crippen molar-refractivity contribution in [3.63, 3.8) is 0 Å². The van der Waals surface area contributed by atoms with Crippen molar-refractivity contribution in [1.82, 2.24) is 10.3 Å². The van der Waals surface area contributed by atoms with Crippen LogP contribution in [0.5, 0.6) is 0 Å². The van der Waals surface area contributed by atoms with E-state index in [1.54, 1.807) is 12.3 Å². The summed E-state index contributed by atoms with van der Waals surface area (Å²) in [5, 5.41) is 21.1. The van der Waals surface area contributed by atoms with Gasteiger partial charge in [0.15, 0.2) is 0 Å². The van der Waals surface area contributed by atoms with Crippen LogP contribution in [0.1, 0.15) is 19.4 Å². The fraction of sp³-hybridized carbons (Fsp3) is 0.444. The first-order chi connectivity index (χ1) is 6.59. The van der Waals surface area contributed by atoms with E-state index in [1.807, 2.05) is 0 Å². The van der Waals surface area contributed by atoms with Crippen LogP contribution in [0.25, 0.3) is 0 Å². The number of hydrogen-bond acceptors (Lipinski definition) is 4. The van der Waals surface area contributed by atoms with Crippen LogP contribution in [0.3, 0.4) is 0 Å². The molecular weight excluding hydrogens is 214 g/mol. The maximum Gasteiger partial charge on any atom is 0.490 e. The van der Waals surface area contributed by atoms with E-state index >= 15 is 0 Å². The molecule has 0 aromatic carbocycles. The zero-order chi connectivity index (χ0) is 10.6. The first kappa shape index (κ1) is 14.4. The summed E-state index contributed by atoms with van der Waals surface area (Å²) in [5.41, 5.74) is 1.37. The molecule has 6 heteroatoms. The number of pyridine rings is 1. The first-order valence-corrected chi connectivity index (χ1v) is 4.63. The highest BCUT2D eigenvalue weighted by Gasteiger charge is 2.11. The van der Waals surface area contributed by atoms with Crippen molar-refractivity contribution in [1.29, 1.82) is 0 Å². The molecule has 1 rings (SSSR count). The van der Waals surface area contributed by atoms with Crippen LogP contribution in [0.4, 0.5) is 0 Å². The predicted octanol–water partition coefficient (Wildman–Crippen LogP) is -0.319. The molecule has 0 aliphatic rings. The van der Waals surface area contributed by atoms with E-state index in [0.717, 1.165) is 5.56 Å². The molecule has 1 aromatic rings. The van der Waals surface area contributed by atoms with Gasteiger partial charge >= 0.3 is 7.12 Å². The molecule has 0 unspecified atom stereocenters. The summed E-state index contributed by atoms with van der Waals surface area (Å²) in [4.78, 5) is 3.92. The van der Waals surface area contributed by atoms with Gasteiger partial charge in [-0.1, -0.05) is 19.9 Å². The minimum absolute atomic E-state index is 0. The Labute approximate surface area is 96.3 Å². The molecule has 3 N–H and O–H groups in total. The predicted molar refractivity (Wildman–Crippen MR) is 63.3 cm³/mol. The third-order valence-corrected chi connectivity index (χ3v) is 1.83. The molecule has 0 aliphatic heterocycles. The van der Waals surface area contributed by atoms with Crippen LogP contribution < -0.4 is 10.8 Å². The quantitative estimate of drug-likeness (QED) is 0.621. The summed E-state index contributed by atoms with van der Waals surface area (Å²) >= 11 is 0. The molecule has 0 saturated heterocycles. The average Bonchev–Trinajstić information content (AvgIpc) is 2.15. The third-order valence-electron chi connectivity index (χ3n) is 1.83. The Morgan fingerprint density at radius 2 is 2.07 bits per heavy atom. The van der Waals surface area contributed by atoms with E-state index in [0.29, 0.717) is 18.0 Å². The Morgan fingerprint density at radius 1 is 1.40 bits per heavy atom. The Kier molecular flexibility index (Phi) is 6.51. The van der Waals surface area contributed by atoms with Gasteiger partial charge in [0.05, 0.1) is 0 Å². The van der Waals surface area contributed by atoms with Gasteiger partial charge < -0.3 is 15.4 Å². The zero-order valence-corrected chi connectivity index (χ0v) is 9.66. The summed E-state index contributed by atoms with van der Waals surface area (Å²) in [7, 11) is -1.44. The molecule has 0 amide bonds. The number of nitrogens with one attached hydrogen (secondary N) is 1. The lowest BCUT2D eigenvalue weighted by molar-refractivity contribution is 0.425. The van der Waals surface area contributed by atoms with Gasteiger partial charge in [-0.25, -0.2) is 0 Å². The van der Waals surface area contributed by atoms with Gasteiger partial charge in [0, 0.05) is 30.4 Å². The van der Waals surface area contributed by atoms with Gasteiger partial charge in [0.2, 0.25) is 0 Å². The van der Waals surface area contributed by atoms with Crippen molar-refractivity contribution >= 4 is 25.0 Å². The monoisotopic (exact) mass is 230 g/mol. The van der Waals surface area contributed by atoms with Crippen LogP contribution in [0.15, 0.2) is 18.5 Å². The highest BCUT2D eigenvalue weighted by Crippen LogP contribution is 1.94. The van der Waals surface area contributed by atoms with E-state index in [9.17, 15) is 0 Å². The van der Waals surface area contributed by atoms with Gasteiger partial charge in [0.1, 0.15) is 0 Å². The SMILES string of the molecule is CC(C)NCc1cncc(B(O)O)c1.Cl. The lowest BCUT2D eigenvalue weighted by Crippen LogP contribution is -2.31. The van der Waals surface area contributed by atoms with E-state index in [-0.39, 0.29) is 12.4 Å². The smallest absolute Gasteiger partial charge is 0.423 e. The third kappa shape index (κ3) is 5.13. The van der Waals surface area contributed by atoms with E-state index in [2.05, 4.69) is 24.1 Å². The second kappa shape index (κ2) is 6.79. The molecule has 0 fully saturated rings. The van der Waals surface area contributed by atoms with Crippen molar-refractivity contribution in [2.75, 3.05) is 0 Å². The Bertz CT molecular complexity index is 297. The van der Waals surface area contributed by atoms with Gasteiger partial charge in [-0.3, -0.25) is 4.98 Å². The van der Waals surface area contributed by atoms with E-state index in [4.69, 9.17) is 10.0 Å². The lowest BCUT2D eigenvalue weighted by atomic mass is 9.81. The maximum atomic E-state index is 8.92. The van der Waals surface area contributed by atoms with Crippen LogP contribution in [0.2, 0.25) is 0 Å². The van der Waals surface area contributed by atoms with Gasteiger partial charge in [-0.2, -0.15) is 0 Å². The molecule has 15 heavy (non-hydrogen) atoms. The average molecular weight is 231 g/mol. The normalized spacial score (nSPS) is 9.93. The van der Waals surface area contributed by atoms with Crippen molar-refractivity contribution < 1.29 is 10.0 Å². The molecule has 1 aromatic heterocycles. The molecule has 0 bridgehead atoms. The van der Waals surface area contributed by atoms with Gasteiger partial charge in [0.25, 0.3) is 0 Å². The summed E-state index contributed by atoms with van der Waals surface area (Å²) in [6, 6.07) is 2.13. The van der Waals surface area contributed by atoms with Crippen LogP contribution >= 0.6 is 12.4 Å². The molecule has 4 nitrogen and oxygen atoms in total. The topological polar surface area (TPSA) is 65.4 Å². The van der Waals surface area contributed by atoms with Crippen LogP contribution in [0, 0.1) is 0 Å². The largest absolute Gasteiger partial charge is 0.490 e. The van der Waals surface area contributed by atoms with Crippen molar-refractivity contribution in [2.24, 2.45) is 0 Å². The number of halogens is 1. The first-order valence-electron chi connectivity index (χ1n) is 4.63. The van der Waals surface area contributed by atoms with Gasteiger partial charge in [-0.05, 0) is 5.56 Å². The summed E-state index contributed by atoms with van der Waals surface area (Å²) in [6.45, 7) is 4.79. The zero-order valence-electron chi connectivity index (χ0n) is 8.84. The minimum atomic E-state index is -1.44. The van der Waals surface area contributed by atoms with E-state index in [1.165, 1.54) is 6.20 Å². The molecule has 0 saturated carbocycles. The molecule has 0 radical (unpaired) electrons. The molecule has 0 aliphatic carbocycles. The number of nitrogens with zero attached hydrogens (tertiary/aromatic N) is 1. The minimum Gasteiger partial charge on any atom is -0.423 e. The molecule has 84 valence electrons. The Morgan fingerprint density at radius 3 is 2.60 bits per heavy atom.